The molecule has 3 aromatic rings. The van der Waals surface area contributed by atoms with Crippen molar-refractivity contribution in [1.82, 2.24) is 24.5 Å². The van der Waals surface area contributed by atoms with Crippen LogP contribution in [-0.4, -0.2) is 43.3 Å². The number of rotatable bonds is 5. The molecule has 0 bridgehead atoms. The third kappa shape index (κ3) is 3.62. The van der Waals surface area contributed by atoms with E-state index in [2.05, 4.69) is 15.4 Å². The summed E-state index contributed by atoms with van der Waals surface area (Å²) in [5.74, 6) is -0.572. The van der Waals surface area contributed by atoms with Gasteiger partial charge in [0, 0.05) is 24.8 Å². The Labute approximate surface area is 173 Å². The average molecular weight is 411 g/mol. The Balaban J connectivity index is 1.96. The van der Waals surface area contributed by atoms with Gasteiger partial charge in [0.15, 0.2) is 5.56 Å². The van der Waals surface area contributed by atoms with Crippen LogP contribution in [0.15, 0.2) is 29.2 Å². The zero-order chi connectivity index (χ0) is 21.6. The number of pyridine rings is 1. The molecule has 158 valence electrons. The highest BCUT2D eigenvalue weighted by Gasteiger charge is 2.30. The fourth-order valence-electron chi connectivity index (χ4n) is 3.35. The van der Waals surface area contributed by atoms with Gasteiger partial charge < -0.3 is 15.2 Å². The van der Waals surface area contributed by atoms with E-state index in [0.717, 1.165) is 17.4 Å². The number of ether oxygens (including phenoxy) is 1. The van der Waals surface area contributed by atoms with E-state index in [-0.39, 0.29) is 22.9 Å². The van der Waals surface area contributed by atoms with Crippen molar-refractivity contribution in [2.45, 2.75) is 46.2 Å². The molecule has 4 rings (SSSR count). The number of aromatic hydroxyl groups is 1. The van der Waals surface area contributed by atoms with Gasteiger partial charge in [0.1, 0.15) is 11.3 Å². The van der Waals surface area contributed by atoms with Crippen molar-refractivity contribution >= 4 is 11.6 Å². The van der Waals surface area contributed by atoms with Gasteiger partial charge in [0.25, 0.3) is 11.5 Å². The van der Waals surface area contributed by atoms with Gasteiger partial charge in [-0.1, -0.05) is 20.8 Å². The van der Waals surface area contributed by atoms with E-state index in [4.69, 9.17) is 4.74 Å². The number of carbonyl (C=O) groups excluding carboxylic acids is 1. The number of nitrogens with one attached hydrogen (secondary N) is 1. The van der Waals surface area contributed by atoms with Crippen LogP contribution in [0.4, 0.5) is 0 Å². The maximum Gasteiger partial charge on any atom is 0.291 e. The molecule has 0 aromatic carbocycles. The number of fused-ring (bicyclic) bond motifs is 1. The van der Waals surface area contributed by atoms with Crippen molar-refractivity contribution in [3.8, 4) is 23.0 Å². The Kier molecular flexibility index (Phi) is 4.76. The maximum atomic E-state index is 13.1. The maximum absolute atomic E-state index is 13.1. The Morgan fingerprint density at radius 2 is 2.10 bits per heavy atom. The van der Waals surface area contributed by atoms with Crippen LogP contribution in [0.2, 0.25) is 0 Å². The first kappa shape index (κ1) is 19.9. The third-order valence-corrected chi connectivity index (χ3v) is 4.87. The molecule has 0 atom stereocenters. The smallest absolute Gasteiger partial charge is 0.291 e. The van der Waals surface area contributed by atoms with Crippen molar-refractivity contribution in [1.29, 1.82) is 0 Å². The van der Waals surface area contributed by atoms with Gasteiger partial charge in [-0.05, 0) is 30.4 Å². The first-order valence-electron chi connectivity index (χ1n) is 9.85. The second-order valence-corrected chi connectivity index (χ2v) is 8.76. The Morgan fingerprint density at radius 3 is 2.73 bits per heavy atom. The molecule has 9 heteroatoms. The molecule has 0 saturated heterocycles. The molecule has 0 unspecified atom stereocenters. The van der Waals surface area contributed by atoms with Crippen LogP contribution in [0, 0.1) is 5.41 Å². The van der Waals surface area contributed by atoms with Crippen molar-refractivity contribution in [2.24, 2.45) is 5.41 Å². The molecule has 0 radical (unpaired) electrons. The van der Waals surface area contributed by atoms with Crippen molar-refractivity contribution < 1.29 is 14.6 Å². The average Bonchev–Trinajstić information content (AvgIpc) is 3.38. The molecule has 2 N–H and O–H groups in total. The zero-order valence-electron chi connectivity index (χ0n) is 17.5. The van der Waals surface area contributed by atoms with Gasteiger partial charge in [0.2, 0.25) is 11.8 Å². The predicted octanol–water partition coefficient (Wildman–Crippen LogP) is 2.21. The van der Waals surface area contributed by atoms with Crippen molar-refractivity contribution in [2.75, 3.05) is 7.11 Å². The van der Waals surface area contributed by atoms with E-state index in [1.54, 1.807) is 29.0 Å². The molecule has 1 aliphatic carbocycles. The second kappa shape index (κ2) is 7.16. The highest BCUT2D eigenvalue weighted by Crippen LogP contribution is 2.30. The first-order chi connectivity index (χ1) is 14.2. The van der Waals surface area contributed by atoms with Gasteiger partial charge >= 0.3 is 0 Å². The summed E-state index contributed by atoms with van der Waals surface area (Å²) in [5, 5.41) is 18.2. The summed E-state index contributed by atoms with van der Waals surface area (Å²) in [6.45, 7) is 6.40. The normalized spacial score (nSPS) is 14.1. The minimum absolute atomic E-state index is 0.0518. The number of amides is 1. The van der Waals surface area contributed by atoms with Crippen LogP contribution >= 0.6 is 0 Å². The summed E-state index contributed by atoms with van der Waals surface area (Å²) >= 11 is 0. The van der Waals surface area contributed by atoms with Crippen LogP contribution < -0.4 is 15.6 Å². The number of carbonyl (C=O) groups is 1. The summed E-state index contributed by atoms with van der Waals surface area (Å²) in [5.41, 5.74) is 0.253. The second-order valence-electron chi connectivity index (χ2n) is 8.76. The number of nitrogens with zero attached hydrogens (tertiary/aromatic N) is 4. The van der Waals surface area contributed by atoms with Crippen LogP contribution in [0.3, 0.4) is 0 Å². The van der Waals surface area contributed by atoms with Crippen LogP contribution in [-0.2, 0) is 6.54 Å². The molecule has 3 aromatic heterocycles. The summed E-state index contributed by atoms with van der Waals surface area (Å²) in [6.07, 6.45) is 3.35. The largest absolute Gasteiger partial charge is 0.494 e. The Bertz CT molecular complexity index is 1180. The highest BCUT2D eigenvalue weighted by atomic mass is 16.5. The summed E-state index contributed by atoms with van der Waals surface area (Å²) in [7, 11) is 1.51. The highest BCUT2D eigenvalue weighted by molar-refractivity contribution is 5.96. The molecular formula is C21H25N5O4. The van der Waals surface area contributed by atoms with Gasteiger partial charge in [-0.25, -0.2) is 4.98 Å². The van der Waals surface area contributed by atoms with Crippen LogP contribution in [0.1, 0.15) is 44.0 Å². The fraction of sp³-hybridized carbons (Fsp3) is 0.429. The molecule has 1 amide bonds. The predicted molar refractivity (Wildman–Crippen MR) is 111 cm³/mol. The lowest BCUT2D eigenvalue weighted by atomic mass is 9.96. The molecule has 0 spiro atoms. The van der Waals surface area contributed by atoms with Gasteiger partial charge in [-0.2, -0.15) is 9.61 Å². The SMILES string of the molecule is COc1ncccc1-c1cc2n(CC(C)(C)C)c(O)c(C(=O)NC3CC3)c(=O)n2n1. The van der Waals surface area contributed by atoms with Crippen LogP contribution in [0.25, 0.3) is 16.9 Å². The molecule has 1 saturated carbocycles. The first-order valence-corrected chi connectivity index (χ1v) is 9.85. The number of hydrogen-bond acceptors (Lipinski definition) is 6. The van der Waals surface area contributed by atoms with Crippen molar-refractivity contribution in [3.63, 3.8) is 0 Å². The van der Waals surface area contributed by atoms with Gasteiger partial charge in [-0.15, -0.1) is 0 Å². The molecule has 3 heterocycles. The number of hydrogen-bond donors (Lipinski definition) is 2. The fourth-order valence-corrected chi connectivity index (χ4v) is 3.35. The minimum Gasteiger partial charge on any atom is -0.494 e. The number of methoxy groups -OCH3 is 1. The number of aromatic nitrogens is 4. The zero-order valence-corrected chi connectivity index (χ0v) is 17.5. The standard InChI is InChI=1S/C21H25N5O4/c1-21(2,3)11-25-15-10-14(13-6-5-9-22-18(13)30-4)24-26(15)20(29)16(19(25)28)17(27)23-12-7-8-12/h5-6,9-10,12,28H,7-8,11H2,1-4H3,(H,23,27). The Morgan fingerprint density at radius 1 is 1.37 bits per heavy atom. The lowest BCUT2D eigenvalue weighted by Crippen LogP contribution is -2.35. The Hall–Kier alpha value is -3.36. The molecule has 0 aliphatic heterocycles. The quantitative estimate of drug-likeness (QED) is 0.666. The van der Waals surface area contributed by atoms with E-state index < -0.39 is 11.5 Å². The van der Waals surface area contributed by atoms with Gasteiger partial charge in [0.05, 0.1) is 12.7 Å². The molecule has 9 nitrogen and oxygen atoms in total. The van der Waals surface area contributed by atoms with E-state index in [0.29, 0.717) is 29.3 Å². The minimum atomic E-state index is -0.667. The van der Waals surface area contributed by atoms with Crippen LogP contribution in [0.5, 0.6) is 11.8 Å². The topological polar surface area (TPSA) is 111 Å². The summed E-state index contributed by atoms with van der Waals surface area (Å²) in [4.78, 5) is 30.0. The third-order valence-electron chi connectivity index (χ3n) is 4.87. The molecular weight excluding hydrogens is 386 g/mol. The lowest BCUT2D eigenvalue weighted by molar-refractivity contribution is 0.0944. The lowest BCUT2D eigenvalue weighted by Gasteiger charge is -2.23. The van der Waals surface area contributed by atoms with E-state index in [1.165, 1.54) is 7.11 Å². The van der Waals surface area contributed by atoms with Crippen molar-refractivity contribution in [3.05, 3.63) is 40.3 Å². The monoisotopic (exact) mass is 411 g/mol. The molecule has 30 heavy (non-hydrogen) atoms. The molecule has 1 fully saturated rings. The summed E-state index contributed by atoms with van der Waals surface area (Å²) in [6, 6.07) is 5.27. The van der Waals surface area contributed by atoms with E-state index >= 15 is 0 Å². The summed E-state index contributed by atoms with van der Waals surface area (Å²) < 4.78 is 8.03. The van der Waals surface area contributed by atoms with E-state index in [9.17, 15) is 14.7 Å². The molecule has 1 aliphatic rings. The van der Waals surface area contributed by atoms with Gasteiger partial charge in [-0.3, -0.25) is 14.2 Å². The van der Waals surface area contributed by atoms with E-state index in [1.807, 2.05) is 20.8 Å².